The van der Waals surface area contributed by atoms with Gasteiger partial charge in [-0.25, -0.2) is 4.79 Å². The summed E-state index contributed by atoms with van der Waals surface area (Å²) in [5, 5.41) is 23.9. The number of nitrogens with one attached hydrogen (secondary N) is 3. The largest absolute Gasteiger partial charge is 0.480 e. The molecule has 11 nitrogen and oxygen atoms in total. The average Bonchev–Trinajstić information content (AvgIpc) is 3.06. The first-order chi connectivity index (χ1) is 11.5. The van der Waals surface area contributed by atoms with Crippen molar-refractivity contribution in [3.8, 4) is 0 Å². The monoisotopic (exact) mass is 341 g/mol. The normalized spacial score (nSPS) is 13.1. The molecule has 1 heterocycles. The average molecular weight is 341 g/mol. The van der Waals surface area contributed by atoms with Crippen LogP contribution in [0.15, 0.2) is 6.20 Å². The number of hydrogen-bond donors (Lipinski definition) is 6. The van der Waals surface area contributed by atoms with Gasteiger partial charge in [-0.3, -0.25) is 9.59 Å². The van der Waals surface area contributed by atoms with E-state index in [1.54, 1.807) is 0 Å². The van der Waals surface area contributed by atoms with Crippen LogP contribution < -0.4 is 22.1 Å². The second-order valence-corrected chi connectivity index (χ2v) is 5.17. The van der Waals surface area contributed by atoms with E-state index >= 15 is 0 Å². The molecule has 1 rings (SSSR count). The molecule has 0 fully saturated rings. The van der Waals surface area contributed by atoms with Crippen LogP contribution in [0, 0.1) is 0 Å². The smallest absolute Gasteiger partial charge is 0.326 e. The Morgan fingerprint density at radius 3 is 2.50 bits per heavy atom. The third kappa shape index (κ3) is 6.71. The maximum absolute atomic E-state index is 12.4. The molecule has 24 heavy (non-hydrogen) atoms. The first-order valence-corrected chi connectivity index (χ1v) is 7.55. The standard InChI is InChI=1S/C13H23N7O4/c14-4-2-1-3-9(13(23)24)18-12(22)10(17-11(21)6-15)5-8-7-16-20-19-8/h7,9-10H,1-6,14-15H2,(H,17,21)(H,18,22)(H,23,24)(H,16,19,20)/t9-,10?/m1/s1. The highest BCUT2D eigenvalue weighted by molar-refractivity contribution is 5.90. The minimum Gasteiger partial charge on any atom is -0.480 e. The fraction of sp³-hybridized carbons (Fsp3) is 0.615. The van der Waals surface area contributed by atoms with E-state index in [1.807, 2.05) is 0 Å². The number of H-pyrrole nitrogens is 1. The highest BCUT2D eigenvalue weighted by Crippen LogP contribution is 2.03. The number of carboxylic acid groups (broad SMARTS) is 1. The lowest BCUT2D eigenvalue weighted by Gasteiger charge is -2.20. The highest BCUT2D eigenvalue weighted by Gasteiger charge is 2.26. The Morgan fingerprint density at radius 1 is 1.21 bits per heavy atom. The van der Waals surface area contributed by atoms with Gasteiger partial charge in [-0.15, -0.1) is 0 Å². The van der Waals surface area contributed by atoms with Crippen LogP contribution in [-0.2, 0) is 20.8 Å². The number of aromatic nitrogens is 3. The highest BCUT2D eigenvalue weighted by atomic mass is 16.4. The summed E-state index contributed by atoms with van der Waals surface area (Å²) in [4.78, 5) is 35.1. The maximum Gasteiger partial charge on any atom is 0.326 e. The van der Waals surface area contributed by atoms with Gasteiger partial charge in [0.2, 0.25) is 11.8 Å². The molecule has 0 saturated carbocycles. The van der Waals surface area contributed by atoms with Crippen molar-refractivity contribution in [1.29, 1.82) is 0 Å². The zero-order chi connectivity index (χ0) is 17.9. The topological polar surface area (TPSA) is 189 Å². The second-order valence-electron chi connectivity index (χ2n) is 5.17. The molecule has 0 aliphatic carbocycles. The van der Waals surface area contributed by atoms with Crippen LogP contribution in [0.5, 0.6) is 0 Å². The van der Waals surface area contributed by atoms with Crippen LogP contribution in [0.1, 0.15) is 25.0 Å². The molecule has 1 aromatic heterocycles. The van der Waals surface area contributed by atoms with Crippen LogP contribution in [-0.4, -0.2) is 63.5 Å². The molecule has 0 aromatic carbocycles. The van der Waals surface area contributed by atoms with E-state index < -0.39 is 29.9 Å². The maximum atomic E-state index is 12.4. The van der Waals surface area contributed by atoms with Gasteiger partial charge in [0.1, 0.15) is 12.1 Å². The quantitative estimate of drug-likeness (QED) is 0.238. The SMILES string of the molecule is NCCCC[C@@H](NC(=O)C(Cc1cn[nH]n1)NC(=O)CN)C(=O)O. The van der Waals surface area contributed by atoms with Gasteiger partial charge in [0, 0.05) is 6.42 Å². The molecule has 0 bridgehead atoms. The van der Waals surface area contributed by atoms with Gasteiger partial charge in [-0.05, 0) is 25.8 Å². The Balaban J connectivity index is 2.73. The Kier molecular flexibility index (Phi) is 8.36. The summed E-state index contributed by atoms with van der Waals surface area (Å²) in [6, 6.07) is -2.05. The fourth-order valence-corrected chi connectivity index (χ4v) is 2.02. The number of hydrogen-bond acceptors (Lipinski definition) is 7. The molecule has 134 valence electrons. The van der Waals surface area contributed by atoms with Crippen molar-refractivity contribution in [3.63, 3.8) is 0 Å². The summed E-state index contributed by atoms with van der Waals surface area (Å²) in [6.07, 6.45) is 2.94. The zero-order valence-corrected chi connectivity index (χ0v) is 13.2. The van der Waals surface area contributed by atoms with E-state index in [0.29, 0.717) is 25.1 Å². The first-order valence-electron chi connectivity index (χ1n) is 7.55. The summed E-state index contributed by atoms with van der Waals surface area (Å²) in [5.74, 6) is -2.31. The van der Waals surface area contributed by atoms with Gasteiger partial charge in [0.05, 0.1) is 18.4 Å². The Hall–Kier alpha value is -2.53. The summed E-state index contributed by atoms with van der Waals surface area (Å²) < 4.78 is 0. The molecule has 0 aliphatic heterocycles. The van der Waals surface area contributed by atoms with Crippen LogP contribution in [0.2, 0.25) is 0 Å². The Morgan fingerprint density at radius 2 is 1.96 bits per heavy atom. The lowest BCUT2D eigenvalue weighted by atomic mass is 10.1. The number of aliphatic carboxylic acids is 1. The second kappa shape index (κ2) is 10.3. The molecule has 11 heteroatoms. The van der Waals surface area contributed by atoms with Crippen LogP contribution >= 0.6 is 0 Å². The van der Waals surface area contributed by atoms with Crippen molar-refractivity contribution >= 4 is 17.8 Å². The van der Waals surface area contributed by atoms with Crippen LogP contribution in [0.25, 0.3) is 0 Å². The third-order valence-corrected chi connectivity index (χ3v) is 3.28. The van der Waals surface area contributed by atoms with Crippen molar-refractivity contribution < 1.29 is 19.5 Å². The molecule has 1 unspecified atom stereocenters. The lowest BCUT2D eigenvalue weighted by Crippen LogP contribution is -2.53. The number of unbranched alkanes of at least 4 members (excludes halogenated alkanes) is 1. The third-order valence-electron chi connectivity index (χ3n) is 3.28. The van der Waals surface area contributed by atoms with Crippen LogP contribution in [0.3, 0.4) is 0 Å². The molecule has 0 spiro atoms. The van der Waals surface area contributed by atoms with E-state index in [-0.39, 0.29) is 19.4 Å². The molecule has 2 atom stereocenters. The van der Waals surface area contributed by atoms with E-state index in [9.17, 15) is 19.5 Å². The Bertz CT molecular complexity index is 534. The first kappa shape index (κ1) is 19.5. The number of amides is 2. The molecular formula is C13H23N7O4. The molecule has 1 aromatic rings. The number of carbonyl (C=O) groups excluding carboxylic acids is 2. The number of carbonyl (C=O) groups is 3. The molecular weight excluding hydrogens is 318 g/mol. The van der Waals surface area contributed by atoms with E-state index in [4.69, 9.17) is 11.5 Å². The molecule has 0 radical (unpaired) electrons. The van der Waals surface area contributed by atoms with Crippen molar-refractivity contribution in [1.82, 2.24) is 26.0 Å². The van der Waals surface area contributed by atoms with E-state index in [1.165, 1.54) is 6.20 Å². The molecule has 0 saturated heterocycles. The summed E-state index contributed by atoms with van der Waals surface area (Å²) in [7, 11) is 0. The van der Waals surface area contributed by atoms with Crippen molar-refractivity contribution in [2.45, 2.75) is 37.8 Å². The van der Waals surface area contributed by atoms with Gasteiger partial charge < -0.3 is 27.2 Å². The zero-order valence-electron chi connectivity index (χ0n) is 13.2. The van der Waals surface area contributed by atoms with E-state index in [0.717, 1.165) is 0 Å². The molecule has 8 N–H and O–H groups in total. The summed E-state index contributed by atoms with van der Waals surface area (Å²) in [5.41, 5.74) is 11.1. The minimum absolute atomic E-state index is 0.0587. The van der Waals surface area contributed by atoms with Gasteiger partial charge in [-0.1, -0.05) is 0 Å². The van der Waals surface area contributed by atoms with Crippen LogP contribution in [0.4, 0.5) is 0 Å². The summed E-state index contributed by atoms with van der Waals surface area (Å²) in [6.45, 7) is 0.156. The van der Waals surface area contributed by atoms with Gasteiger partial charge >= 0.3 is 5.97 Å². The predicted octanol–water partition coefficient (Wildman–Crippen LogP) is -2.51. The number of aromatic amines is 1. The van der Waals surface area contributed by atoms with Gasteiger partial charge in [0.25, 0.3) is 0 Å². The molecule has 0 aliphatic rings. The summed E-state index contributed by atoms with van der Waals surface area (Å²) >= 11 is 0. The minimum atomic E-state index is -1.15. The fourth-order valence-electron chi connectivity index (χ4n) is 2.02. The Labute approximate surface area is 138 Å². The van der Waals surface area contributed by atoms with Gasteiger partial charge in [0.15, 0.2) is 0 Å². The van der Waals surface area contributed by atoms with Crippen molar-refractivity contribution in [3.05, 3.63) is 11.9 Å². The van der Waals surface area contributed by atoms with Gasteiger partial charge in [-0.2, -0.15) is 15.4 Å². The van der Waals surface area contributed by atoms with Crippen molar-refractivity contribution in [2.75, 3.05) is 13.1 Å². The number of nitrogens with two attached hydrogens (primary N) is 2. The number of rotatable bonds is 11. The number of carboxylic acids is 1. The van der Waals surface area contributed by atoms with Crippen molar-refractivity contribution in [2.24, 2.45) is 11.5 Å². The predicted molar refractivity (Wildman–Crippen MR) is 83.5 cm³/mol. The number of nitrogens with zero attached hydrogens (tertiary/aromatic N) is 2. The molecule has 2 amide bonds. The van der Waals surface area contributed by atoms with E-state index in [2.05, 4.69) is 26.0 Å². The lowest BCUT2D eigenvalue weighted by molar-refractivity contribution is -0.142.